The topological polar surface area (TPSA) is 113 Å². The Kier molecular flexibility index (Phi) is 17.5. The first-order valence-corrected chi connectivity index (χ1v) is 19.9. The van der Waals surface area contributed by atoms with E-state index in [2.05, 4.69) is 13.8 Å². The molecule has 59 heavy (non-hydrogen) atoms. The largest absolute Gasteiger partial charge is 0.454 e. The van der Waals surface area contributed by atoms with Crippen LogP contribution in [0, 0.1) is 10.8 Å². The second-order valence-corrected chi connectivity index (χ2v) is 16.4. The molecule has 0 aromatic heterocycles. The highest BCUT2D eigenvalue weighted by Crippen LogP contribution is 2.42. The van der Waals surface area contributed by atoms with Gasteiger partial charge >= 0.3 is 17.9 Å². The van der Waals surface area contributed by atoms with E-state index in [4.69, 9.17) is 14.2 Å². The normalized spacial score (nSPS) is 20.9. The minimum atomic E-state index is -1.18. The molecule has 0 radical (unpaired) electrons. The van der Waals surface area contributed by atoms with Crippen molar-refractivity contribution >= 4 is 29.5 Å². The molecule has 0 N–H and O–H groups in total. The second-order valence-electron chi connectivity index (χ2n) is 16.4. The van der Waals surface area contributed by atoms with Crippen LogP contribution < -0.4 is 0 Å². The fourth-order valence-corrected chi connectivity index (χ4v) is 6.92. The Labute approximate surface area is 350 Å². The van der Waals surface area contributed by atoms with Crippen LogP contribution in [0.1, 0.15) is 94.6 Å². The lowest BCUT2D eigenvalue weighted by Gasteiger charge is -2.36. The third-order valence-corrected chi connectivity index (χ3v) is 10.2. The van der Waals surface area contributed by atoms with Crippen molar-refractivity contribution < 1.29 is 38.2 Å². The molecule has 0 fully saturated rings. The summed E-state index contributed by atoms with van der Waals surface area (Å²) < 4.78 is 15.7. The van der Waals surface area contributed by atoms with Crippen molar-refractivity contribution in [3.63, 3.8) is 0 Å². The van der Waals surface area contributed by atoms with Crippen LogP contribution in [-0.4, -0.2) is 41.7 Å². The van der Waals surface area contributed by atoms with Gasteiger partial charge in [0.05, 0.1) is 0 Å². The maximum Gasteiger partial charge on any atom is 0.418 e. The Morgan fingerprint density at radius 1 is 0.593 bits per heavy atom. The Morgan fingerprint density at radius 3 is 1.44 bits per heavy atom. The van der Waals surface area contributed by atoms with E-state index in [9.17, 15) is 24.0 Å². The number of rotatable bonds is 14. The quantitative estimate of drug-likeness (QED) is 0.0791. The highest BCUT2D eigenvalue weighted by Gasteiger charge is 2.41. The number of carbonyl (C=O) groups excluding carboxylic acids is 5. The average Bonchev–Trinajstić information content (AvgIpc) is 3.16. The monoisotopic (exact) mass is 800 g/mol. The van der Waals surface area contributed by atoms with Crippen molar-refractivity contribution in [2.24, 2.45) is 10.8 Å². The van der Waals surface area contributed by atoms with Gasteiger partial charge in [-0.2, -0.15) is 0 Å². The molecule has 0 aliphatic heterocycles. The second kappa shape index (κ2) is 21.8. The zero-order chi connectivity index (χ0) is 43.9. The molecule has 2 aliphatic carbocycles. The summed E-state index contributed by atoms with van der Waals surface area (Å²) in [6, 6.07) is 9.00. The summed E-state index contributed by atoms with van der Waals surface area (Å²) in [5.41, 5.74) is 7.05. The summed E-state index contributed by atoms with van der Waals surface area (Å²) in [5, 5.41) is 0. The predicted octanol–water partition coefficient (Wildman–Crippen LogP) is 10.8. The average molecular weight is 801 g/mol. The van der Waals surface area contributed by atoms with Gasteiger partial charge in [0, 0.05) is 19.8 Å². The van der Waals surface area contributed by atoms with Crippen molar-refractivity contribution in [1.82, 2.24) is 0 Å². The van der Waals surface area contributed by atoms with E-state index in [0.29, 0.717) is 17.6 Å². The number of carbonyl (C=O) groups is 5. The van der Waals surface area contributed by atoms with Crippen LogP contribution in [0.2, 0.25) is 0 Å². The number of esters is 3. The molecule has 0 unspecified atom stereocenters. The van der Waals surface area contributed by atoms with Crippen LogP contribution in [0.4, 0.5) is 0 Å². The standard InChI is InChI=1S/C51H60O8/c1-34(21-17-23-36(3)27-29-42-38(5)46(53)44(58-40(7)52)31-50(42,8)9)19-15-16-20-35(2)22-18-24-37(4)28-30-43-39(6)47(54)45(32-51(43,10)11)59-49(56)48(55)57-33-41-25-13-12-14-26-41/h12-30,44-45H,31-33H2,1-11H3/b16-15+,21-17+,22-18+,29-27+,30-28+,34-19+,35-20+,36-23+,37-24+/t44-,45-/m0/s1. The highest BCUT2D eigenvalue weighted by atomic mass is 16.6. The van der Waals surface area contributed by atoms with E-state index in [0.717, 1.165) is 39.0 Å². The maximum absolute atomic E-state index is 13.2. The summed E-state index contributed by atoms with van der Waals surface area (Å²) in [6.45, 7) is 20.9. The van der Waals surface area contributed by atoms with Crippen LogP contribution >= 0.6 is 0 Å². The first-order chi connectivity index (χ1) is 27.7. The van der Waals surface area contributed by atoms with Gasteiger partial charge in [0.1, 0.15) is 6.61 Å². The minimum Gasteiger partial charge on any atom is -0.454 e. The molecule has 0 amide bonds. The fraction of sp³-hybridized carbons (Fsp3) is 0.353. The molecule has 8 nitrogen and oxygen atoms in total. The van der Waals surface area contributed by atoms with E-state index in [1.807, 2.05) is 133 Å². The third kappa shape index (κ3) is 14.8. The van der Waals surface area contributed by atoms with Gasteiger partial charge in [-0.1, -0.05) is 165 Å². The van der Waals surface area contributed by atoms with Gasteiger partial charge in [-0.15, -0.1) is 0 Å². The van der Waals surface area contributed by atoms with E-state index in [1.165, 1.54) is 6.92 Å². The number of ether oxygens (including phenoxy) is 3. The Hall–Kier alpha value is -5.89. The van der Waals surface area contributed by atoms with E-state index in [1.54, 1.807) is 38.1 Å². The molecule has 0 saturated heterocycles. The summed E-state index contributed by atoms with van der Waals surface area (Å²) >= 11 is 0. The maximum atomic E-state index is 13.2. The molecular formula is C51H60O8. The molecule has 0 saturated carbocycles. The molecule has 1 aromatic carbocycles. The molecule has 1 aromatic rings. The number of Topliss-reactive ketones (excluding diaryl/α,β-unsaturated/α-hetero) is 2. The Balaban J connectivity index is 1.53. The third-order valence-electron chi connectivity index (χ3n) is 10.2. The first kappa shape index (κ1) is 47.5. The van der Waals surface area contributed by atoms with Crippen molar-refractivity contribution in [3.8, 4) is 0 Å². The van der Waals surface area contributed by atoms with E-state index >= 15 is 0 Å². The van der Waals surface area contributed by atoms with Crippen molar-refractivity contribution in [1.29, 1.82) is 0 Å². The first-order valence-electron chi connectivity index (χ1n) is 19.9. The van der Waals surface area contributed by atoms with Crippen molar-refractivity contribution in [2.75, 3.05) is 0 Å². The number of hydrogen-bond donors (Lipinski definition) is 0. The van der Waals surface area contributed by atoms with Crippen LogP contribution in [-0.2, 0) is 44.8 Å². The van der Waals surface area contributed by atoms with Gasteiger partial charge in [-0.25, -0.2) is 9.59 Å². The van der Waals surface area contributed by atoms with Gasteiger partial charge in [0.15, 0.2) is 23.8 Å². The smallest absolute Gasteiger partial charge is 0.418 e. The lowest BCUT2D eigenvalue weighted by atomic mass is 9.71. The summed E-state index contributed by atoms with van der Waals surface area (Å²) in [7, 11) is 0. The molecule has 0 heterocycles. The van der Waals surface area contributed by atoms with Crippen LogP contribution in [0.15, 0.2) is 160 Å². The van der Waals surface area contributed by atoms with Gasteiger partial charge in [0.2, 0.25) is 0 Å². The zero-order valence-electron chi connectivity index (χ0n) is 36.5. The van der Waals surface area contributed by atoms with Gasteiger partial charge in [0.25, 0.3) is 0 Å². The Morgan fingerprint density at radius 2 is 1.00 bits per heavy atom. The summed E-state index contributed by atoms with van der Waals surface area (Å²) in [4.78, 5) is 62.2. The number of ketones is 2. The highest BCUT2D eigenvalue weighted by molar-refractivity contribution is 6.30. The minimum absolute atomic E-state index is 0.0627. The van der Waals surface area contributed by atoms with Gasteiger partial charge in [-0.3, -0.25) is 14.4 Å². The molecule has 8 heteroatoms. The SMILES string of the molecule is CC(=O)O[C@H]1CC(C)(C)C(/C=C/C(C)=C/C=C/C(C)=C/C=C/C=C(C)/C=C/C=C(C)/C=C/C2=C(C)C(=O)[C@@H](OC(=O)C(=O)OCc3ccccc3)CC2(C)C)=C(C)C1=O. The van der Waals surface area contributed by atoms with Crippen LogP contribution in [0.5, 0.6) is 0 Å². The van der Waals surface area contributed by atoms with E-state index in [-0.39, 0.29) is 30.0 Å². The van der Waals surface area contributed by atoms with Crippen molar-refractivity contribution in [2.45, 2.75) is 108 Å². The zero-order valence-corrected chi connectivity index (χ0v) is 36.5. The number of benzene rings is 1. The summed E-state index contributed by atoms with van der Waals surface area (Å²) in [5.74, 6) is -3.21. The summed E-state index contributed by atoms with van der Waals surface area (Å²) in [6.07, 6.45) is 26.9. The molecular weight excluding hydrogens is 741 g/mol. The van der Waals surface area contributed by atoms with Crippen molar-refractivity contribution in [3.05, 3.63) is 166 Å². The molecule has 0 bridgehead atoms. The van der Waals surface area contributed by atoms with Crippen LogP contribution in [0.25, 0.3) is 0 Å². The van der Waals surface area contributed by atoms with Gasteiger partial charge < -0.3 is 14.2 Å². The lowest BCUT2D eigenvalue weighted by molar-refractivity contribution is -0.173. The fourth-order valence-electron chi connectivity index (χ4n) is 6.92. The van der Waals surface area contributed by atoms with Gasteiger partial charge in [-0.05, 0) is 80.2 Å². The molecule has 0 spiro atoms. The predicted molar refractivity (Wildman–Crippen MR) is 235 cm³/mol. The van der Waals surface area contributed by atoms with Crippen LogP contribution in [0.3, 0.4) is 0 Å². The lowest BCUT2D eigenvalue weighted by Crippen LogP contribution is -2.40. The molecule has 2 aliphatic rings. The molecule has 312 valence electrons. The molecule has 2 atom stereocenters. The number of hydrogen-bond acceptors (Lipinski definition) is 8. The van der Waals surface area contributed by atoms with E-state index < -0.39 is 35.5 Å². The molecule has 3 rings (SSSR count). The Bertz CT molecular complexity index is 2120. The number of allylic oxidation sites excluding steroid dienone is 20.